The number of nitrogens with one attached hydrogen (secondary N) is 2. The number of aromatic nitrogens is 4. The van der Waals surface area contributed by atoms with Gasteiger partial charge >= 0.3 is 0 Å². The Morgan fingerprint density at radius 1 is 1.19 bits per heavy atom. The summed E-state index contributed by atoms with van der Waals surface area (Å²) in [5.41, 5.74) is 0.439. The van der Waals surface area contributed by atoms with E-state index >= 15 is 0 Å². The summed E-state index contributed by atoms with van der Waals surface area (Å²) in [6, 6.07) is 4.94. The largest absolute Gasteiger partial charge is 0.493 e. The van der Waals surface area contributed by atoms with Crippen LogP contribution in [-0.2, 0) is 17.9 Å². The summed E-state index contributed by atoms with van der Waals surface area (Å²) in [5, 5.41) is 16.8. The van der Waals surface area contributed by atoms with E-state index < -0.39 is 0 Å². The first-order valence-corrected chi connectivity index (χ1v) is 11.2. The Hall–Kier alpha value is -3.12. The topological polar surface area (TPSA) is 120 Å². The monoisotopic (exact) mass is 462 g/mol. The SMILES string of the molecule is CCn1c(CNC(=O)c2ccc(OC)c(OC)c2)nnc1SCC(=O)Nc1nccs1. The van der Waals surface area contributed by atoms with Crippen LogP contribution < -0.4 is 20.1 Å². The van der Waals surface area contributed by atoms with Crippen LogP contribution in [0.3, 0.4) is 0 Å². The maximum Gasteiger partial charge on any atom is 0.251 e. The van der Waals surface area contributed by atoms with Gasteiger partial charge in [-0.15, -0.1) is 21.5 Å². The van der Waals surface area contributed by atoms with Crippen LogP contribution in [0.2, 0.25) is 0 Å². The van der Waals surface area contributed by atoms with Crippen molar-refractivity contribution in [1.29, 1.82) is 0 Å². The second kappa shape index (κ2) is 10.8. The van der Waals surface area contributed by atoms with Crippen molar-refractivity contribution in [3.05, 3.63) is 41.2 Å². The van der Waals surface area contributed by atoms with Gasteiger partial charge in [-0.3, -0.25) is 9.59 Å². The number of benzene rings is 1. The van der Waals surface area contributed by atoms with Gasteiger partial charge in [-0.2, -0.15) is 0 Å². The van der Waals surface area contributed by atoms with Crippen LogP contribution in [0.25, 0.3) is 0 Å². The molecule has 10 nitrogen and oxygen atoms in total. The summed E-state index contributed by atoms with van der Waals surface area (Å²) < 4.78 is 12.3. The van der Waals surface area contributed by atoms with Crippen LogP contribution in [-0.4, -0.2) is 51.5 Å². The van der Waals surface area contributed by atoms with Crippen molar-refractivity contribution in [1.82, 2.24) is 25.1 Å². The molecular formula is C19H22N6O4S2. The molecule has 0 fully saturated rings. The highest BCUT2D eigenvalue weighted by atomic mass is 32.2. The van der Waals surface area contributed by atoms with E-state index in [1.165, 1.54) is 37.3 Å². The zero-order valence-electron chi connectivity index (χ0n) is 17.2. The molecular weight excluding hydrogens is 440 g/mol. The van der Waals surface area contributed by atoms with E-state index in [1.807, 2.05) is 11.5 Å². The molecule has 2 amide bonds. The first kappa shape index (κ1) is 22.6. The lowest BCUT2D eigenvalue weighted by Gasteiger charge is -2.11. The summed E-state index contributed by atoms with van der Waals surface area (Å²) in [5.74, 6) is 1.35. The molecule has 2 heterocycles. The fraction of sp³-hybridized carbons (Fsp3) is 0.316. The highest BCUT2D eigenvalue weighted by Gasteiger charge is 2.16. The molecule has 2 N–H and O–H groups in total. The predicted molar refractivity (Wildman–Crippen MR) is 118 cm³/mol. The highest BCUT2D eigenvalue weighted by molar-refractivity contribution is 7.99. The molecule has 0 saturated heterocycles. The molecule has 12 heteroatoms. The van der Waals surface area contributed by atoms with Crippen molar-refractivity contribution in [3.8, 4) is 11.5 Å². The van der Waals surface area contributed by atoms with Gasteiger partial charge in [0.25, 0.3) is 5.91 Å². The maximum absolute atomic E-state index is 12.5. The number of anilines is 1. The molecule has 0 aliphatic heterocycles. The highest BCUT2D eigenvalue weighted by Crippen LogP contribution is 2.27. The normalized spacial score (nSPS) is 10.5. The fourth-order valence-electron chi connectivity index (χ4n) is 2.68. The number of rotatable bonds is 10. The minimum Gasteiger partial charge on any atom is -0.493 e. The molecule has 1 aromatic carbocycles. The van der Waals surface area contributed by atoms with Gasteiger partial charge < -0.3 is 24.7 Å². The average molecular weight is 463 g/mol. The summed E-state index contributed by atoms with van der Waals surface area (Å²) in [6.45, 7) is 2.74. The second-order valence-corrected chi connectivity index (χ2v) is 7.91. The molecule has 0 unspecified atom stereocenters. The molecule has 164 valence electrons. The summed E-state index contributed by atoms with van der Waals surface area (Å²) in [7, 11) is 3.05. The summed E-state index contributed by atoms with van der Waals surface area (Å²) in [4.78, 5) is 28.6. The number of ether oxygens (including phenoxy) is 2. The van der Waals surface area contributed by atoms with Crippen LogP contribution in [0, 0.1) is 0 Å². The minimum absolute atomic E-state index is 0.172. The first-order chi connectivity index (χ1) is 15.0. The predicted octanol–water partition coefficient (Wildman–Crippen LogP) is 2.43. The molecule has 0 saturated carbocycles. The van der Waals surface area contributed by atoms with Crippen molar-refractivity contribution in [2.45, 2.75) is 25.2 Å². The number of thioether (sulfide) groups is 1. The van der Waals surface area contributed by atoms with Crippen molar-refractivity contribution >= 4 is 40.0 Å². The van der Waals surface area contributed by atoms with Gasteiger partial charge in [-0.05, 0) is 25.1 Å². The Kier molecular flexibility index (Phi) is 7.84. The van der Waals surface area contributed by atoms with E-state index in [0.717, 1.165) is 0 Å². The summed E-state index contributed by atoms with van der Waals surface area (Å²) >= 11 is 2.63. The molecule has 0 aliphatic carbocycles. The maximum atomic E-state index is 12.5. The molecule has 0 bridgehead atoms. The number of hydrogen-bond acceptors (Lipinski definition) is 9. The van der Waals surface area contributed by atoms with Crippen molar-refractivity contribution < 1.29 is 19.1 Å². The number of amides is 2. The molecule has 3 aromatic rings. The fourth-order valence-corrected chi connectivity index (χ4v) is 4.05. The zero-order chi connectivity index (χ0) is 22.2. The van der Waals surface area contributed by atoms with Crippen LogP contribution in [0.1, 0.15) is 23.1 Å². The van der Waals surface area contributed by atoms with E-state index in [0.29, 0.717) is 39.7 Å². The van der Waals surface area contributed by atoms with E-state index in [4.69, 9.17) is 9.47 Å². The van der Waals surface area contributed by atoms with Gasteiger partial charge in [0.05, 0.1) is 26.5 Å². The lowest BCUT2D eigenvalue weighted by molar-refractivity contribution is -0.113. The smallest absolute Gasteiger partial charge is 0.251 e. The standard InChI is InChI=1S/C19H22N6O4S2/c1-4-25-15(10-21-17(27)12-5-6-13(28-2)14(9-12)29-3)23-24-19(25)31-11-16(26)22-18-20-7-8-30-18/h5-9H,4,10-11H2,1-3H3,(H,21,27)(H,20,22,26). The molecule has 0 aliphatic rings. The third-order valence-corrected chi connectivity index (χ3v) is 5.83. The molecule has 2 aromatic heterocycles. The van der Waals surface area contributed by atoms with E-state index in [-0.39, 0.29) is 24.1 Å². The third-order valence-electron chi connectivity index (χ3n) is 4.17. The van der Waals surface area contributed by atoms with Gasteiger partial charge in [0.1, 0.15) is 0 Å². The molecule has 0 spiro atoms. The first-order valence-electron chi connectivity index (χ1n) is 9.30. The Morgan fingerprint density at radius 2 is 2.00 bits per heavy atom. The second-order valence-electron chi connectivity index (χ2n) is 6.07. The van der Waals surface area contributed by atoms with Gasteiger partial charge in [0, 0.05) is 23.7 Å². The molecule has 3 rings (SSSR count). The lowest BCUT2D eigenvalue weighted by Crippen LogP contribution is -2.25. The Balaban J connectivity index is 1.59. The molecule has 31 heavy (non-hydrogen) atoms. The van der Waals surface area contributed by atoms with Gasteiger partial charge in [-0.25, -0.2) is 4.98 Å². The Labute approximate surface area is 187 Å². The van der Waals surface area contributed by atoms with Crippen molar-refractivity contribution in [2.24, 2.45) is 0 Å². The minimum atomic E-state index is -0.274. The van der Waals surface area contributed by atoms with Gasteiger partial charge in [0.2, 0.25) is 5.91 Å². The van der Waals surface area contributed by atoms with Crippen molar-refractivity contribution in [2.75, 3.05) is 25.3 Å². The number of nitrogens with zero attached hydrogens (tertiary/aromatic N) is 4. The van der Waals surface area contributed by atoms with E-state index in [9.17, 15) is 9.59 Å². The third kappa shape index (κ3) is 5.73. The number of methoxy groups -OCH3 is 2. The zero-order valence-corrected chi connectivity index (χ0v) is 18.9. The van der Waals surface area contributed by atoms with Gasteiger partial charge in [-0.1, -0.05) is 11.8 Å². The number of thiazole rings is 1. The average Bonchev–Trinajstić information content (AvgIpc) is 3.44. The van der Waals surface area contributed by atoms with E-state index in [2.05, 4.69) is 25.8 Å². The Morgan fingerprint density at radius 3 is 2.68 bits per heavy atom. The summed E-state index contributed by atoms with van der Waals surface area (Å²) in [6.07, 6.45) is 1.63. The molecule has 0 atom stereocenters. The molecule has 0 radical (unpaired) electrons. The van der Waals surface area contributed by atoms with E-state index in [1.54, 1.807) is 29.8 Å². The van der Waals surface area contributed by atoms with Crippen LogP contribution in [0.4, 0.5) is 5.13 Å². The number of carbonyl (C=O) groups excluding carboxylic acids is 2. The van der Waals surface area contributed by atoms with Crippen molar-refractivity contribution in [3.63, 3.8) is 0 Å². The van der Waals surface area contributed by atoms with Crippen LogP contribution in [0.5, 0.6) is 11.5 Å². The van der Waals surface area contributed by atoms with Crippen LogP contribution in [0.15, 0.2) is 34.9 Å². The van der Waals surface area contributed by atoms with Crippen LogP contribution >= 0.6 is 23.1 Å². The lowest BCUT2D eigenvalue weighted by atomic mass is 10.2. The Bertz CT molecular complexity index is 1040. The number of carbonyl (C=O) groups is 2. The quantitative estimate of drug-likeness (QED) is 0.441. The van der Waals surface area contributed by atoms with Gasteiger partial charge in [0.15, 0.2) is 27.6 Å². The number of hydrogen-bond donors (Lipinski definition) is 2.